The highest BCUT2D eigenvalue weighted by atomic mass is 32.2. The molecule has 2 N–H and O–H groups in total. The molecule has 0 radical (unpaired) electrons. The van der Waals surface area contributed by atoms with Crippen molar-refractivity contribution in [2.24, 2.45) is 0 Å². The lowest BCUT2D eigenvalue weighted by Gasteiger charge is -2.14. The molecule has 0 heterocycles. The molecule has 0 aliphatic carbocycles. The number of methoxy groups -OCH3 is 1. The average Bonchev–Trinajstić information content (AvgIpc) is 2.48. The predicted octanol–water partition coefficient (Wildman–Crippen LogP) is 2.59. The van der Waals surface area contributed by atoms with Gasteiger partial charge in [0.2, 0.25) is 5.91 Å². The number of halogens is 1. The summed E-state index contributed by atoms with van der Waals surface area (Å²) in [7, 11) is -2.59. The highest BCUT2D eigenvalue weighted by Gasteiger charge is 2.17. The van der Waals surface area contributed by atoms with Crippen molar-refractivity contribution in [2.75, 3.05) is 17.1 Å². The second kappa shape index (κ2) is 6.66. The van der Waals surface area contributed by atoms with Crippen LogP contribution in [0.5, 0.6) is 5.75 Å². The van der Waals surface area contributed by atoms with Crippen LogP contribution in [0.2, 0.25) is 0 Å². The summed E-state index contributed by atoms with van der Waals surface area (Å²) >= 11 is 0. The number of nitrogens with one attached hydrogen (secondary N) is 2. The van der Waals surface area contributed by atoms with E-state index in [1.807, 2.05) is 0 Å². The SMILES string of the molecule is COc1ccc(NC(C)=O)c(NS(=O)(=O)c2cccc(F)c2)c1. The molecule has 0 saturated heterocycles. The maximum Gasteiger partial charge on any atom is 0.262 e. The molecule has 2 aromatic carbocycles. The van der Waals surface area contributed by atoms with Crippen LogP contribution in [-0.2, 0) is 14.8 Å². The Balaban J connectivity index is 2.42. The summed E-state index contributed by atoms with van der Waals surface area (Å²) in [5, 5.41) is 2.51. The zero-order valence-electron chi connectivity index (χ0n) is 12.5. The number of amides is 1. The van der Waals surface area contributed by atoms with E-state index >= 15 is 0 Å². The van der Waals surface area contributed by atoms with Crippen molar-refractivity contribution in [3.05, 3.63) is 48.3 Å². The molecule has 0 bridgehead atoms. The molecule has 2 rings (SSSR count). The van der Waals surface area contributed by atoms with Gasteiger partial charge in [-0.2, -0.15) is 0 Å². The molecule has 0 aliphatic heterocycles. The smallest absolute Gasteiger partial charge is 0.262 e. The van der Waals surface area contributed by atoms with E-state index in [2.05, 4.69) is 10.0 Å². The molecule has 0 aromatic heterocycles. The summed E-state index contributed by atoms with van der Waals surface area (Å²) < 4.78 is 45.3. The summed E-state index contributed by atoms with van der Waals surface area (Å²) in [6, 6.07) is 9.11. The summed E-state index contributed by atoms with van der Waals surface area (Å²) in [6.07, 6.45) is 0. The average molecular weight is 338 g/mol. The van der Waals surface area contributed by atoms with E-state index in [0.717, 1.165) is 12.1 Å². The van der Waals surface area contributed by atoms with Crippen LogP contribution in [0, 0.1) is 5.82 Å². The van der Waals surface area contributed by atoms with Gasteiger partial charge < -0.3 is 10.1 Å². The highest BCUT2D eigenvalue weighted by Crippen LogP contribution is 2.29. The fourth-order valence-electron chi connectivity index (χ4n) is 1.87. The Bertz CT molecular complexity index is 837. The fraction of sp³-hybridized carbons (Fsp3) is 0.133. The van der Waals surface area contributed by atoms with Gasteiger partial charge in [-0.3, -0.25) is 9.52 Å². The number of carbonyl (C=O) groups excluding carboxylic acids is 1. The van der Waals surface area contributed by atoms with E-state index in [0.29, 0.717) is 5.75 Å². The van der Waals surface area contributed by atoms with Crippen LogP contribution in [-0.4, -0.2) is 21.4 Å². The van der Waals surface area contributed by atoms with Crippen molar-refractivity contribution in [3.8, 4) is 5.75 Å². The third kappa shape index (κ3) is 4.19. The number of anilines is 2. The van der Waals surface area contributed by atoms with Crippen molar-refractivity contribution in [2.45, 2.75) is 11.8 Å². The topological polar surface area (TPSA) is 84.5 Å². The summed E-state index contributed by atoms with van der Waals surface area (Å²) in [5.74, 6) is -0.627. The van der Waals surface area contributed by atoms with Crippen molar-refractivity contribution in [3.63, 3.8) is 0 Å². The Morgan fingerprint density at radius 2 is 1.87 bits per heavy atom. The van der Waals surface area contributed by atoms with Crippen LogP contribution in [0.1, 0.15) is 6.92 Å². The number of rotatable bonds is 5. The molecule has 0 saturated carbocycles. The van der Waals surface area contributed by atoms with Gasteiger partial charge in [-0.05, 0) is 30.3 Å². The molecule has 23 heavy (non-hydrogen) atoms. The maximum atomic E-state index is 13.2. The zero-order valence-corrected chi connectivity index (χ0v) is 13.3. The number of ether oxygens (including phenoxy) is 1. The van der Waals surface area contributed by atoms with Crippen LogP contribution < -0.4 is 14.8 Å². The Morgan fingerprint density at radius 3 is 2.48 bits per heavy atom. The Morgan fingerprint density at radius 1 is 1.13 bits per heavy atom. The fourth-order valence-corrected chi connectivity index (χ4v) is 2.97. The molecule has 0 unspecified atom stereocenters. The minimum Gasteiger partial charge on any atom is -0.497 e. The number of hydrogen-bond donors (Lipinski definition) is 2. The monoisotopic (exact) mass is 338 g/mol. The number of hydrogen-bond acceptors (Lipinski definition) is 4. The van der Waals surface area contributed by atoms with E-state index in [1.165, 1.54) is 38.3 Å². The lowest BCUT2D eigenvalue weighted by molar-refractivity contribution is -0.114. The first-order valence-corrected chi connectivity index (χ1v) is 8.04. The molecular weight excluding hydrogens is 323 g/mol. The van der Waals surface area contributed by atoms with Gasteiger partial charge >= 0.3 is 0 Å². The van der Waals surface area contributed by atoms with Crippen LogP contribution in [0.25, 0.3) is 0 Å². The van der Waals surface area contributed by atoms with Gasteiger partial charge in [-0.1, -0.05) is 6.07 Å². The molecule has 0 fully saturated rings. The molecule has 122 valence electrons. The quantitative estimate of drug-likeness (QED) is 0.877. The van der Waals surface area contributed by atoms with Gasteiger partial charge in [0, 0.05) is 13.0 Å². The van der Waals surface area contributed by atoms with Gasteiger partial charge in [0.05, 0.1) is 23.4 Å². The van der Waals surface area contributed by atoms with Crippen LogP contribution in [0.3, 0.4) is 0 Å². The largest absolute Gasteiger partial charge is 0.497 e. The van der Waals surface area contributed by atoms with E-state index in [-0.39, 0.29) is 22.2 Å². The first-order chi connectivity index (χ1) is 10.8. The van der Waals surface area contributed by atoms with Gasteiger partial charge in [0.1, 0.15) is 11.6 Å². The Labute approximate surface area is 133 Å². The van der Waals surface area contributed by atoms with Gasteiger partial charge in [0.15, 0.2) is 0 Å². The van der Waals surface area contributed by atoms with Gasteiger partial charge in [-0.25, -0.2) is 12.8 Å². The Hall–Kier alpha value is -2.61. The summed E-state index contributed by atoms with van der Waals surface area (Å²) in [6.45, 7) is 1.30. The normalized spacial score (nSPS) is 10.9. The maximum absolute atomic E-state index is 13.2. The number of benzene rings is 2. The Kier molecular flexibility index (Phi) is 4.85. The lowest BCUT2D eigenvalue weighted by Crippen LogP contribution is -2.16. The zero-order chi connectivity index (χ0) is 17.0. The molecule has 0 spiro atoms. The molecular formula is C15H15FN2O4S. The first-order valence-electron chi connectivity index (χ1n) is 6.56. The van der Waals surface area contributed by atoms with Crippen LogP contribution >= 0.6 is 0 Å². The van der Waals surface area contributed by atoms with E-state index in [1.54, 1.807) is 6.07 Å². The standard InChI is InChI=1S/C15H15FN2O4S/c1-10(19)17-14-7-6-12(22-2)9-15(14)18-23(20,21)13-5-3-4-11(16)8-13/h3-9,18H,1-2H3,(H,17,19). The second-order valence-corrected chi connectivity index (χ2v) is 6.34. The minimum atomic E-state index is -4.02. The summed E-state index contributed by atoms with van der Waals surface area (Å²) in [5.41, 5.74) is 0.377. The molecule has 6 nitrogen and oxygen atoms in total. The van der Waals surface area contributed by atoms with Crippen molar-refractivity contribution < 1.29 is 22.3 Å². The van der Waals surface area contributed by atoms with E-state index in [4.69, 9.17) is 4.74 Å². The van der Waals surface area contributed by atoms with E-state index < -0.39 is 15.8 Å². The van der Waals surface area contributed by atoms with Crippen molar-refractivity contribution in [1.29, 1.82) is 0 Å². The molecule has 1 amide bonds. The number of carbonyl (C=O) groups is 1. The second-order valence-electron chi connectivity index (χ2n) is 4.66. The van der Waals surface area contributed by atoms with E-state index in [9.17, 15) is 17.6 Å². The van der Waals surface area contributed by atoms with Gasteiger partial charge in [0.25, 0.3) is 10.0 Å². The van der Waals surface area contributed by atoms with Crippen molar-refractivity contribution >= 4 is 27.3 Å². The van der Waals surface area contributed by atoms with Crippen LogP contribution in [0.15, 0.2) is 47.4 Å². The predicted molar refractivity (Wildman–Crippen MR) is 84.5 cm³/mol. The first kappa shape index (κ1) is 16.8. The third-order valence-electron chi connectivity index (χ3n) is 2.89. The highest BCUT2D eigenvalue weighted by molar-refractivity contribution is 7.92. The van der Waals surface area contributed by atoms with Crippen LogP contribution in [0.4, 0.5) is 15.8 Å². The van der Waals surface area contributed by atoms with Gasteiger partial charge in [-0.15, -0.1) is 0 Å². The van der Waals surface area contributed by atoms with Crippen molar-refractivity contribution in [1.82, 2.24) is 0 Å². The molecule has 0 atom stereocenters. The lowest BCUT2D eigenvalue weighted by atomic mass is 10.2. The summed E-state index contributed by atoms with van der Waals surface area (Å²) in [4.78, 5) is 11.0. The minimum absolute atomic E-state index is 0.115. The third-order valence-corrected chi connectivity index (χ3v) is 4.25. The molecule has 2 aromatic rings. The molecule has 8 heteroatoms. The molecule has 0 aliphatic rings. The number of sulfonamides is 1.